The van der Waals surface area contributed by atoms with Crippen molar-refractivity contribution in [2.45, 2.75) is 26.9 Å². The summed E-state index contributed by atoms with van der Waals surface area (Å²) < 4.78 is 28.1. The van der Waals surface area contributed by atoms with E-state index in [1.807, 2.05) is 0 Å². The number of nitrogens with one attached hydrogen (secondary N) is 1. The lowest BCUT2D eigenvalue weighted by atomic mass is 10.2. The second kappa shape index (κ2) is 6.56. The van der Waals surface area contributed by atoms with E-state index in [1.54, 1.807) is 0 Å². The van der Waals surface area contributed by atoms with E-state index < -0.39 is 11.6 Å². The largest absolute Gasteiger partial charge is 0.310 e. The molecule has 0 bridgehead atoms. The van der Waals surface area contributed by atoms with Crippen molar-refractivity contribution in [2.24, 2.45) is 5.92 Å². The molecule has 2 aromatic rings. The van der Waals surface area contributed by atoms with Crippen molar-refractivity contribution in [3.8, 4) is 0 Å². The highest BCUT2D eigenvalue weighted by atomic mass is 19.1. The standard InChI is InChI=1S/C14H18F2N4/c1-10(2)6-17-7-14-18-9-20(19-14)8-11-5-12(15)3-4-13(11)16/h3-5,9-10,17H,6-8H2,1-2H3. The summed E-state index contributed by atoms with van der Waals surface area (Å²) in [4.78, 5) is 4.13. The van der Waals surface area contributed by atoms with Crippen LogP contribution in [0.5, 0.6) is 0 Å². The van der Waals surface area contributed by atoms with Gasteiger partial charge in [0, 0.05) is 5.56 Å². The van der Waals surface area contributed by atoms with Gasteiger partial charge in [0.2, 0.25) is 0 Å². The molecule has 0 saturated heterocycles. The summed E-state index contributed by atoms with van der Waals surface area (Å²) in [6.07, 6.45) is 1.52. The van der Waals surface area contributed by atoms with Gasteiger partial charge in [-0.15, -0.1) is 0 Å². The maximum Gasteiger partial charge on any atom is 0.164 e. The fourth-order valence-electron chi connectivity index (χ4n) is 1.80. The van der Waals surface area contributed by atoms with Gasteiger partial charge in [-0.3, -0.25) is 0 Å². The van der Waals surface area contributed by atoms with Gasteiger partial charge in [-0.1, -0.05) is 13.8 Å². The number of nitrogens with zero attached hydrogens (tertiary/aromatic N) is 3. The first kappa shape index (κ1) is 14.6. The van der Waals surface area contributed by atoms with Crippen molar-refractivity contribution >= 4 is 0 Å². The molecule has 2 rings (SSSR count). The maximum absolute atomic E-state index is 13.5. The molecule has 4 nitrogen and oxygen atoms in total. The molecular weight excluding hydrogens is 262 g/mol. The number of aromatic nitrogens is 3. The second-order valence-corrected chi connectivity index (χ2v) is 5.12. The highest BCUT2D eigenvalue weighted by Gasteiger charge is 2.07. The molecule has 1 aromatic carbocycles. The van der Waals surface area contributed by atoms with Gasteiger partial charge in [-0.2, -0.15) is 5.10 Å². The fraction of sp³-hybridized carbons (Fsp3) is 0.429. The van der Waals surface area contributed by atoms with Crippen LogP contribution in [0.25, 0.3) is 0 Å². The first-order chi connectivity index (χ1) is 9.54. The quantitative estimate of drug-likeness (QED) is 0.883. The summed E-state index contributed by atoms with van der Waals surface area (Å²) in [6.45, 7) is 5.85. The molecular formula is C14H18F2N4. The summed E-state index contributed by atoms with van der Waals surface area (Å²) in [7, 11) is 0. The van der Waals surface area contributed by atoms with Crippen LogP contribution in [-0.4, -0.2) is 21.3 Å². The summed E-state index contributed by atoms with van der Waals surface area (Å²) in [5.41, 5.74) is 0.261. The van der Waals surface area contributed by atoms with Crippen molar-refractivity contribution < 1.29 is 8.78 Å². The van der Waals surface area contributed by atoms with Crippen LogP contribution in [0.3, 0.4) is 0 Å². The Bertz CT molecular complexity index is 566. The number of halogens is 2. The second-order valence-electron chi connectivity index (χ2n) is 5.12. The molecule has 1 N–H and O–H groups in total. The normalized spacial score (nSPS) is 11.2. The molecule has 0 atom stereocenters. The minimum atomic E-state index is -0.458. The van der Waals surface area contributed by atoms with Gasteiger partial charge in [0.25, 0.3) is 0 Å². The number of hydrogen-bond acceptors (Lipinski definition) is 3. The molecule has 0 radical (unpaired) electrons. The van der Waals surface area contributed by atoms with Gasteiger partial charge in [0.05, 0.1) is 13.1 Å². The molecule has 0 aliphatic heterocycles. The van der Waals surface area contributed by atoms with E-state index in [-0.39, 0.29) is 12.1 Å². The zero-order chi connectivity index (χ0) is 14.5. The van der Waals surface area contributed by atoms with Gasteiger partial charge in [-0.05, 0) is 30.7 Å². The Morgan fingerprint density at radius 2 is 2.10 bits per heavy atom. The van der Waals surface area contributed by atoms with E-state index in [9.17, 15) is 8.78 Å². The Hall–Kier alpha value is -1.82. The van der Waals surface area contributed by atoms with Gasteiger partial charge in [0.1, 0.15) is 18.0 Å². The van der Waals surface area contributed by atoms with E-state index in [2.05, 4.69) is 29.2 Å². The average molecular weight is 280 g/mol. The van der Waals surface area contributed by atoms with Crippen molar-refractivity contribution in [3.05, 3.63) is 47.5 Å². The lowest BCUT2D eigenvalue weighted by Crippen LogP contribution is -2.19. The third-order valence-corrected chi connectivity index (χ3v) is 2.76. The molecule has 0 amide bonds. The third-order valence-electron chi connectivity index (χ3n) is 2.76. The fourth-order valence-corrected chi connectivity index (χ4v) is 1.80. The van der Waals surface area contributed by atoms with E-state index in [4.69, 9.17) is 0 Å². The van der Waals surface area contributed by atoms with Gasteiger partial charge < -0.3 is 5.32 Å². The Labute approximate surface area is 116 Å². The average Bonchev–Trinajstić information content (AvgIpc) is 2.81. The van der Waals surface area contributed by atoms with Gasteiger partial charge in [0.15, 0.2) is 5.82 Å². The Kier molecular flexibility index (Phi) is 4.79. The smallest absolute Gasteiger partial charge is 0.164 e. The Morgan fingerprint density at radius 3 is 2.85 bits per heavy atom. The maximum atomic E-state index is 13.5. The topological polar surface area (TPSA) is 42.7 Å². The predicted molar refractivity (Wildman–Crippen MR) is 72.0 cm³/mol. The minimum Gasteiger partial charge on any atom is -0.310 e. The van der Waals surface area contributed by atoms with Gasteiger partial charge >= 0.3 is 0 Å². The molecule has 1 heterocycles. The SMILES string of the molecule is CC(C)CNCc1ncn(Cc2cc(F)ccc2F)n1. The van der Waals surface area contributed by atoms with Crippen LogP contribution >= 0.6 is 0 Å². The van der Waals surface area contributed by atoms with Crippen LogP contribution in [-0.2, 0) is 13.1 Å². The van der Waals surface area contributed by atoms with Crippen LogP contribution in [0, 0.1) is 17.6 Å². The Balaban J connectivity index is 1.97. The van der Waals surface area contributed by atoms with Crippen LogP contribution in [0.1, 0.15) is 25.2 Å². The molecule has 108 valence electrons. The Morgan fingerprint density at radius 1 is 1.30 bits per heavy atom. The molecule has 0 fully saturated rings. The van der Waals surface area contributed by atoms with Crippen LogP contribution in [0.4, 0.5) is 8.78 Å². The van der Waals surface area contributed by atoms with Crippen LogP contribution < -0.4 is 5.32 Å². The zero-order valence-electron chi connectivity index (χ0n) is 11.6. The van der Waals surface area contributed by atoms with Crippen LogP contribution in [0.15, 0.2) is 24.5 Å². The zero-order valence-corrected chi connectivity index (χ0v) is 11.6. The summed E-state index contributed by atoms with van der Waals surface area (Å²) in [5, 5.41) is 7.45. The van der Waals surface area contributed by atoms with E-state index in [0.717, 1.165) is 18.7 Å². The number of hydrogen-bond donors (Lipinski definition) is 1. The van der Waals surface area contributed by atoms with E-state index in [1.165, 1.54) is 17.1 Å². The molecule has 1 aromatic heterocycles. The first-order valence-corrected chi connectivity index (χ1v) is 6.57. The van der Waals surface area contributed by atoms with Crippen LogP contribution in [0.2, 0.25) is 0 Å². The number of rotatable bonds is 6. The number of benzene rings is 1. The van der Waals surface area contributed by atoms with E-state index >= 15 is 0 Å². The van der Waals surface area contributed by atoms with Gasteiger partial charge in [-0.25, -0.2) is 18.4 Å². The van der Waals surface area contributed by atoms with Crippen molar-refractivity contribution in [3.63, 3.8) is 0 Å². The molecule has 0 aliphatic carbocycles. The van der Waals surface area contributed by atoms with E-state index in [0.29, 0.717) is 18.3 Å². The first-order valence-electron chi connectivity index (χ1n) is 6.57. The summed E-state index contributed by atoms with van der Waals surface area (Å²) in [6, 6.07) is 3.39. The summed E-state index contributed by atoms with van der Waals surface area (Å²) >= 11 is 0. The third kappa shape index (κ3) is 4.09. The predicted octanol–water partition coefficient (Wildman–Crippen LogP) is 2.35. The van der Waals surface area contributed by atoms with Crippen molar-refractivity contribution in [2.75, 3.05) is 6.54 Å². The molecule has 0 aliphatic rings. The molecule has 0 spiro atoms. The highest BCUT2D eigenvalue weighted by Crippen LogP contribution is 2.10. The molecule has 6 heteroatoms. The lowest BCUT2D eigenvalue weighted by Gasteiger charge is -2.05. The van der Waals surface area contributed by atoms with Crippen molar-refractivity contribution in [1.29, 1.82) is 0 Å². The molecule has 0 saturated carbocycles. The minimum absolute atomic E-state index is 0.167. The highest BCUT2D eigenvalue weighted by molar-refractivity contribution is 5.18. The lowest BCUT2D eigenvalue weighted by molar-refractivity contribution is 0.536. The monoisotopic (exact) mass is 280 g/mol. The molecule has 20 heavy (non-hydrogen) atoms. The summed E-state index contributed by atoms with van der Waals surface area (Å²) in [5.74, 6) is 0.294. The van der Waals surface area contributed by atoms with Crippen molar-refractivity contribution in [1.82, 2.24) is 20.1 Å². The molecule has 0 unspecified atom stereocenters.